The molecule has 1 fully saturated rings. The molecule has 0 spiro atoms. The van der Waals surface area contributed by atoms with E-state index in [4.69, 9.17) is 21.1 Å². The number of amides is 2. The topological polar surface area (TPSA) is 55.8 Å². The molecule has 0 bridgehead atoms. The number of rotatable bonds is 8. The molecule has 3 rings (SSSR count). The molecule has 0 atom stereocenters. The fourth-order valence-electron chi connectivity index (χ4n) is 3.15. The number of halogens is 1. The second-order valence-corrected chi connectivity index (χ2v) is 7.90. The summed E-state index contributed by atoms with van der Waals surface area (Å²) in [5, 5.41) is 0.196. The summed E-state index contributed by atoms with van der Waals surface area (Å²) < 4.78 is 11.2. The van der Waals surface area contributed by atoms with Gasteiger partial charge >= 0.3 is 0 Å². The molecule has 1 saturated heterocycles. The van der Waals surface area contributed by atoms with E-state index in [1.165, 1.54) is 4.90 Å². The molecule has 1 aliphatic heterocycles. The quantitative estimate of drug-likeness (QED) is 0.386. The van der Waals surface area contributed by atoms with Crippen LogP contribution in [-0.4, -0.2) is 29.8 Å². The van der Waals surface area contributed by atoms with Crippen molar-refractivity contribution in [3.8, 4) is 11.5 Å². The number of thioether (sulfide) groups is 1. The lowest BCUT2D eigenvalue weighted by molar-refractivity contribution is -0.123. The summed E-state index contributed by atoms with van der Waals surface area (Å²) >= 11 is 7.10. The SMILES string of the molecule is C=CCc1cc(/C=C2\SC(=O)N(Cc3ccccc3Cl)C2=O)cc(OCC)c1OC. The molecule has 0 aliphatic carbocycles. The molecule has 2 amide bonds. The zero-order chi connectivity index (χ0) is 21.7. The predicted molar refractivity (Wildman–Crippen MR) is 121 cm³/mol. The van der Waals surface area contributed by atoms with Gasteiger partial charge in [-0.3, -0.25) is 14.5 Å². The Morgan fingerprint density at radius 1 is 1.20 bits per heavy atom. The Morgan fingerprint density at radius 3 is 2.63 bits per heavy atom. The smallest absolute Gasteiger partial charge is 0.293 e. The first-order valence-corrected chi connectivity index (χ1v) is 10.6. The van der Waals surface area contributed by atoms with Gasteiger partial charge in [-0.15, -0.1) is 6.58 Å². The van der Waals surface area contributed by atoms with Gasteiger partial charge in [0, 0.05) is 10.6 Å². The number of nitrogens with zero attached hydrogens (tertiary/aromatic N) is 1. The number of hydrogen-bond acceptors (Lipinski definition) is 5. The van der Waals surface area contributed by atoms with Gasteiger partial charge in [0.15, 0.2) is 11.5 Å². The van der Waals surface area contributed by atoms with E-state index in [1.807, 2.05) is 19.1 Å². The second kappa shape index (κ2) is 9.87. The zero-order valence-electron chi connectivity index (χ0n) is 16.8. The van der Waals surface area contributed by atoms with Crippen molar-refractivity contribution < 1.29 is 19.1 Å². The van der Waals surface area contributed by atoms with Gasteiger partial charge in [-0.05, 0) is 60.5 Å². The van der Waals surface area contributed by atoms with Crippen LogP contribution in [0.25, 0.3) is 6.08 Å². The van der Waals surface area contributed by atoms with Crippen molar-refractivity contribution in [2.24, 2.45) is 0 Å². The van der Waals surface area contributed by atoms with Crippen LogP contribution in [0.4, 0.5) is 4.79 Å². The Kier molecular flexibility index (Phi) is 7.24. The van der Waals surface area contributed by atoms with E-state index in [-0.39, 0.29) is 17.7 Å². The lowest BCUT2D eigenvalue weighted by Gasteiger charge is -2.15. The molecular formula is C23H22ClNO4S. The van der Waals surface area contributed by atoms with Gasteiger partial charge in [0.2, 0.25) is 0 Å². The van der Waals surface area contributed by atoms with Crippen molar-refractivity contribution in [3.05, 3.63) is 75.7 Å². The maximum absolute atomic E-state index is 12.9. The molecule has 0 N–H and O–H groups in total. The first kappa shape index (κ1) is 22.0. The van der Waals surface area contributed by atoms with Gasteiger partial charge in [-0.1, -0.05) is 35.9 Å². The number of hydrogen-bond donors (Lipinski definition) is 0. The van der Waals surface area contributed by atoms with E-state index in [0.29, 0.717) is 34.5 Å². The molecule has 0 radical (unpaired) electrons. The van der Waals surface area contributed by atoms with Crippen LogP contribution in [0.1, 0.15) is 23.6 Å². The van der Waals surface area contributed by atoms with E-state index in [1.54, 1.807) is 43.5 Å². The number of carbonyl (C=O) groups excluding carboxylic acids is 2. The fourth-order valence-corrected chi connectivity index (χ4v) is 4.19. The summed E-state index contributed by atoms with van der Waals surface area (Å²) in [6, 6.07) is 10.9. The Labute approximate surface area is 185 Å². The van der Waals surface area contributed by atoms with Crippen LogP contribution >= 0.6 is 23.4 Å². The van der Waals surface area contributed by atoms with Crippen molar-refractivity contribution in [1.29, 1.82) is 0 Å². The summed E-state index contributed by atoms with van der Waals surface area (Å²) in [5.41, 5.74) is 2.36. The molecular weight excluding hydrogens is 422 g/mol. The Bertz CT molecular complexity index is 1020. The van der Waals surface area contributed by atoms with E-state index in [9.17, 15) is 9.59 Å². The number of allylic oxidation sites excluding steroid dienone is 1. The van der Waals surface area contributed by atoms with Gasteiger partial charge < -0.3 is 9.47 Å². The minimum atomic E-state index is -0.344. The monoisotopic (exact) mass is 443 g/mol. The van der Waals surface area contributed by atoms with Crippen LogP contribution in [0, 0.1) is 0 Å². The number of ether oxygens (including phenoxy) is 2. The minimum absolute atomic E-state index is 0.135. The molecule has 5 nitrogen and oxygen atoms in total. The molecule has 30 heavy (non-hydrogen) atoms. The highest BCUT2D eigenvalue weighted by molar-refractivity contribution is 8.18. The molecule has 2 aromatic rings. The predicted octanol–water partition coefficient (Wildman–Crippen LogP) is 5.71. The van der Waals surface area contributed by atoms with E-state index in [2.05, 4.69) is 6.58 Å². The highest BCUT2D eigenvalue weighted by atomic mass is 35.5. The van der Waals surface area contributed by atoms with Gasteiger partial charge in [0.25, 0.3) is 11.1 Å². The Hall–Kier alpha value is -2.70. The molecule has 0 saturated carbocycles. The largest absolute Gasteiger partial charge is 0.493 e. The van der Waals surface area contributed by atoms with Crippen LogP contribution in [0.3, 0.4) is 0 Å². The van der Waals surface area contributed by atoms with E-state index >= 15 is 0 Å². The first-order valence-electron chi connectivity index (χ1n) is 9.41. The standard InChI is InChI=1S/C23H22ClNO4S/c1-4-8-16-11-15(12-19(29-5-2)21(16)28-3)13-20-22(26)25(23(27)30-20)14-17-9-6-7-10-18(17)24/h4,6-7,9-13H,1,5,8,14H2,2-3H3/b20-13-. The summed E-state index contributed by atoms with van der Waals surface area (Å²) in [4.78, 5) is 26.9. The minimum Gasteiger partial charge on any atom is -0.493 e. The van der Waals surface area contributed by atoms with Crippen LogP contribution in [0.15, 0.2) is 54.0 Å². The highest BCUT2D eigenvalue weighted by Gasteiger charge is 2.35. The molecule has 1 aliphatic rings. The average Bonchev–Trinajstić information content (AvgIpc) is 2.97. The lowest BCUT2D eigenvalue weighted by Crippen LogP contribution is -2.27. The third kappa shape index (κ3) is 4.71. The molecule has 1 heterocycles. The maximum Gasteiger partial charge on any atom is 0.293 e. The number of methoxy groups -OCH3 is 1. The average molecular weight is 444 g/mol. The van der Waals surface area contributed by atoms with Crippen molar-refractivity contribution in [2.75, 3.05) is 13.7 Å². The van der Waals surface area contributed by atoms with E-state index < -0.39 is 0 Å². The maximum atomic E-state index is 12.9. The normalized spacial score (nSPS) is 15.0. The summed E-state index contributed by atoms with van der Waals surface area (Å²) in [5.74, 6) is 0.880. The number of benzene rings is 2. The van der Waals surface area contributed by atoms with Crippen molar-refractivity contribution in [2.45, 2.75) is 19.9 Å². The molecule has 0 aromatic heterocycles. The van der Waals surface area contributed by atoms with Gasteiger partial charge in [-0.2, -0.15) is 0 Å². The molecule has 2 aromatic carbocycles. The van der Waals surface area contributed by atoms with Crippen LogP contribution < -0.4 is 9.47 Å². The third-order valence-electron chi connectivity index (χ3n) is 4.48. The summed E-state index contributed by atoms with van der Waals surface area (Å²) in [6.07, 6.45) is 4.06. The van der Waals surface area contributed by atoms with Gasteiger partial charge in [-0.25, -0.2) is 0 Å². The van der Waals surface area contributed by atoms with Crippen molar-refractivity contribution >= 4 is 40.6 Å². The number of imide groups is 1. The highest BCUT2D eigenvalue weighted by Crippen LogP contribution is 2.37. The lowest BCUT2D eigenvalue weighted by atomic mass is 10.0. The second-order valence-electron chi connectivity index (χ2n) is 6.50. The zero-order valence-corrected chi connectivity index (χ0v) is 18.4. The third-order valence-corrected chi connectivity index (χ3v) is 5.76. The molecule has 0 unspecified atom stereocenters. The van der Waals surface area contributed by atoms with Crippen molar-refractivity contribution in [3.63, 3.8) is 0 Å². The van der Waals surface area contributed by atoms with Crippen LogP contribution in [-0.2, 0) is 17.8 Å². The Morgan fingerprint density at radius 2 is 1.97 bits per heavy atom. The van der Waals surface area contributed by atoms with Gasteiger partial charge in [0.1, 0.15) is 0 Å². The fraction of sp³-hybridized carbons (Fsp3) is 0.217. The number of carbonyl (C=O) groups is 2. The molecule has 156 valence electrons. The van der Waals surface area contributed by atoms with E-state index in [0.717, 1.165) is 28.5 Å². The molecule has 7 heteroatoms. The first-order chi connectivity index (χ1) is 14.5. The summed E-state index contributed by atoms with van der Waals surface area (Å²) in [7, 11) is 1.59. The van der Waals surface area contributed by atoms with Gasteiger partial charge in [0.05, 0.1) is 25.2 Å². The van der Waals surface area contributed by atoms with Crippen LogP contribution in [0.2, 0.25) is 5.02 Å². The Balaban J connectivity index is 1.93. The van der Waals surface area contributed by atoms with Crippen LogP contribution in [0.5, 0.6) is 11.5 Å². The van der Waals surface area contributed by atoms with Crippen molar-refractivity contribution in [1.82, 2.24) is 4.90 Å². The summed E-state index contributed by atoms with van der Waals surface area (Å²) in [6.45, 7) is 6.28.